The van der Waals surface area contributed by atoms with Crippen LogP contribution >= 0.6 is 0 Å². The molecule has 0 unspecified atom stereocenters. The van der Waals surface area contributed by atoms with Crippen LogP contribution in [0.1, 0.15) is 51.9 Å². The van der Waals surface area contributed by atoms with E-state index in [0.29, 0.717) is 17.7 Å². The molecule has 0 saturated carbocycles. The Morgan fingerprint density at radius 1 is 1.06 bits per heavy atom. The number of carbonyl (C=O) groups excluding carboxylic acids is 2. The number of hydrogen-bond donors (Lipinski definition) is 0. The fourth-order valence-electron chi connectivity index (χ4n) is 3.96. The molecule has 0 aliphatic rings. The van der Waals surface area contributed by atoms with Gasteiger partial charge in [-0.3, -0.25) is 4.79 Å². The number of esters is 1. The highest BCUT2D eigenvalue weighted by Crippen LogP contribution is 2.26. The van der Waals surface area contributed by atoms with Gasteiger partial charge in [0.2, 0.25) is 0 Å². The molecule has 0 radical (unpaired) electrons. The number of aromatic nitrogens is 2. The number of imidazole rings is 1. The number of carbonyl (C=O) groups is 2. The molecule has 1 aromatic heterocycles. The van der Waals surface area contributed by atoms with E-state index in [9.17, 15) is 9.59 Å². The monoisotopic (exact) mass is 426 g/mol. The van der Waals surface area contributed by atoms with Crippen LogP contribution in [-0.4, -0.2) is 28.9 Å². The molecule has 0 fully saturated rings. The van der Waals surface area contributed by atoms with Crippen LogP contribution in [0, 0.1) is 0 Å². The van der Waals surface area contributed by atoms with E-state index >= 15 is 0 Å². The second-order valence-electron chi connectivity index (χ2n) is 7.82. The molecular formula is C27H26N2O3. The Kier molecular flexibility index (Phi) is 6.45. The largest absolute Gasteiger partial charge is 0.465 e. The first-order chi connectivity index (χ1) is 15.6. The average Bonchev–Trinajstić information content (AvgIpc) is 3.18. The summed E-state index contributed by atoms with van der Waals surface area (Å²) in [6, 6.07) is 21.3. The minimum absolute atomic E-state index is 0.346. The minimum Gasteiger partial charge on any atom is -0.465 e. The maximum atomic E-state index is 12.1. The van der Waals surface area contributed by atoms with Gasteiger partial charge in [-0.25, -0.2) is 9.78 Å². The summed E-state index contributed by atoms with van der Waals surface area (Å²) in [5.74, 6) is 0.686. The van der Waals surface area contributed by atoms with Crippen molar-refractivity contribution >= 4 is 23.3 Å². The molecule has 0 aliphatic heterocycles. The highest BCUT2D eigenvalue weighted by Gasteiger charge is 2.14. The number of aldehydes is 1. The number of nitrogens with zero attached hydrogens (tertiary/aromatic N) is 2. The Hall–Kier alpha value is -3.73. The lowest BCUT2D eigenvalue weighted by atomic mass is 9.98. The molecule has 4 aromatic rings. The fraction of sp³-hybridized carbons (Fsp3) is 0.222. The van der Waals surface area contributed by atoms with Crippen molar-refractivity contribution in [3.05, 3.63) is 89.2 Å². The lowest BCUT2D eigenvalue weighted by Crippen LogP contribution is -2.06. The van der Waals surface area contributed by atoms with Crippen molar-refractivity contribution in [1.82, 2.24) is 9.55 Å². The molecule has 0 aliphatic carbocycles. The van der Waals surface area contributed by atoms with Crippen molar-refractivity contribution in [2.24, 2.45) is 0 Å². The van der Waals surface area contributed by atoms with Crippen LogP contribution in [0.15, 0.2) is 66.7 Å². The molecule has 162 valence electrons. The van der Waals surface area contributed by atoms with E-state index in [1.165, 1.54) is 7.11 Å². The van der Waals surface area contributed by atoms with Crippen LogP contribution in [0.25, 0.3) is 22.2 Å². The van der Waals surface area contributed by atoms with Crippen LogP contribution in [0.5, 0.6) is 0 Å². The quantitative estimate of drug-likeness (QED) is 0.268. The van der Waals surface area contributed by atoms with E-state index in [1.807, 2.05) is 48.5 Å². The number of fused-ring (bicyclic) bond motifs is 1. The zero-order valence-electron chi connectivity index (χ0n) is 18.4. The smallest absolute Gasteiger partial charge is 0.338 e. The highest BCUT2D eigenvalue weighted by molar-refractivity contribution is 5.97. The Morgan fingerprint density at radius 3 is 2.56 bits per heavy atom. The molecule has 32 heavy (non-hydrogen) atoms. The van der Waals surface area contributed by atoms with Gasteiger partial charge in [-0.2, -0.15) is 0 Å². The highest BCUT2D eigenvalue weighted by atomic mass is 16.5. The van der Waals surface area contributed by atoms with Crippen molar-refractivity contribution in [3.8, 4) is 11.1 Å². The van der Waals surface area contributed by atoms with Crippen LogP contribution in [0.3, 0.4) is 0 Å². The van der Waals surface area contributed by atoms with E-state index < -0.39 is 0 Å². The summed E-state index contributed by atoms with van der Waals surface area (Å²) < 4.78 is 7.13. The first kappa shape index (κ1) is 21.5. The lowest BCUT2D eigenvalue weighted by molar-refractivity contribution is 0.0601. The third-order valence-corrected chi connectivity index (χ3v) is 5.68. The van der Waals surface area contributed by atoms with E-state index in [1.54, 1.807) is 6.07 Å². The van der Waals surface area contributed by atoms with Crippen LogP contribution in [-0.2, 0) is 17.7 Å². The maximum absolute atomic E-state index is 12.1. The first-order valence-electron chi connectivity index (χ1n) is 10.9. The Morgan fingerprint density at radius 2 is 1.84 bits per heavy atom. The molecule has 4 rings (SSSR count). The van der Waals surface area contributed by atoms with Crippen LogP contribution in [0.4, 0.5) is 0 Å². The molecule has 5 heteroatoms. The molecule has 3 aromatic carbocycles. The van der Waals surface area contributed by atoms with Gasteiger partial charge >= 0.3 is 5.97 Å². The third-order valence-electron chi connectivity index (χ3n) is 5.68. The number of aryl methyl sites for hydroxylation is 1. The molecule has 5 nitrogen and oxygen atoms in total. The van der Waals surface area contributed by atoms with Crippen LogP contribution < -0.4 is 0 Å². The molecule has 0 amide bonds. The topological polar surface area (TPSA) is 61.2 Å². The molecule has 0 atom stereocenters. The predicted molar refractivity (Wildman–Crippen MR) is 126 cm³/mol. The zero-order chi connectivity index (χ0) is 22.5. The van der Waals surface area contributed by atoms with E-state index in [0.717, 1.165) is 59.1 Å². The average molecular weight is 427 g/mol. The molecule has 1 heterocycles. The molecule has 0 N–H and O–H groups in total. The Balaban J connectivity index is 1.68. The molecule has 0 spiro atoms. The van der Waals surface area contributed by atoms with Gasteiger partial charge in [0, 0.05) is 18.5 Å². The number of benzene rings is 3. The van der Waals surface area contributed by atoms with Gasteiger partial charge in [-0.1, -0.05) is 55.8 Å². The van der Waals surface area contributed by atoms with E-state index in [-0.39, 0.29) is 5.97 Å². The van der Waals surface area contributed by atoms with Gasteiger partial charge in [0.05, 0.1) is 23.7 Å². The standard InChI is InChI=1S/C27H26N2O3/c1-3-4-9-26-28-24-15-12-20(18-30)16-25(24)29(26)17-19-10-13-21(14-11-19)22-7-5-6-8-23(22)27(31)32-2/h5-8,10-16,18H,3-4,9,17H2,1-2H3. The fourth-order valence-corrected chi connectivity index (χ4v) is 3.96. The van der Waals surface area contributed by atoms with E-state index in [4.69, 9.17) is 9.72 Å². The maximum Gasteiger partial charge on any atom is 0.338 e. The Bertz CT molecular complexity index is 1260. The van der Waals surface area contributed by atoms with E-state index in [2.05, 4.69) is 23.6 Å². The third kappa shape index (κ3) is 4.33. The van der Waals surface area contributed by atoms with Crippen molar-refractivity contribution in [2.45, 2.75) is 32.7 Å². The molecule has 0 bridgehead atoms. The second kappa shape index (κ2) is 9.60. The summed E-state index contributed by atoms with van der Waals surface area (Å²) in [5.41, 5.74) is 6.00. The van der Waals surface area contributed by atoms with Gasteiger partial charge in [0.25, 0.3) is 0 Å². The van der Waals surface area contributed by atoms with Crippen molar-refractivity contribution in [2.75, 3.05) is 7.11 Å². The predicted octanol–water partition coefficient (Wildman–Crippen LogP) is 5.69. The van der Waals surface area contributed by atoms with Crippen LogP contribution in [0.2, 0.25) is 0 Å². The van der Waals surface area contributed by atoms with Gasteiger partial charge in [-0.05, 0) is 47.4 Å². The SMILES string of the molecule is CCCCc1nc2ccc(C=O)cc2n1Cc1ccc(-c2ccccc2C(=O)OC)cc1. The zero-order valence-corrected chi connectivity index (χ0v) is 18.4. The summed E-state index contributed by atoms with van der Waals surface area (Å²) in [5, 5.41) is 0. The number of rotatable bonds is 8. The first-order valence-corrected chi connectivity index (χ1v) is 10.9. The summed E-state index contributed by atoms with van der Waals surface area (Å²) in [6.45, 7) is 2.83. The second-order valence-corrected chi connectivity index (χ2v) is 7.82. The summed E-state index contributed by atoms with van der Waals surface area (Å²) >= 11 is 0. The van der Waals surface area contributed by atoms with Gasteiger partial charge in [0.1, 0.15) is 12.1 Å². The van der Waals surface area contributed by atoms with Crippen molar-refractivity contribution < 1.29 is 14.3 Å². The summed E-state index contributed by atoms with van der Waals surface area (Å²) in [4.78, 5) is 28.3. The molecule has 0 saturated heterocycles. The number of ether oxygens (including phenoxy) is 1. The van der Waals surface area contributed by atoms with Gasteiger partial charge < -0.3 is 9.30 Å². The molecular weight excluding hydrogens is 400 g/mol. The normalized spacial score (nSPS) is 10.9. The number of unbranched alkanes of at least 4 members (excludes halogenated alkanes) is 1. The van der Waals surface area contributed by atoms with Gasteiger partial charge in [0.15, 0.2) is 0 Å². The Labute approximate surface area is 187 Å². The van der Waals surface area contributed by atoms with Crippen molar-refractivity contribution in [1.29, 1.82) is 0 Å². The number of hydrogen-bond acceptors (Lipinski definition) is 4. The number of methoxy groups -OCH3 is 1. The van der Waals surface area contributed by atoms with Crippen molar-refractivity contribution in [3.63, 3.8) is 0 Å². The summed E-state index contributed by atoms with van der Waals surface area (Å²) in [6.07, 6.45) is 3.92. The summed E-state index contributed by atoms with van der Waals surface area (Å²) in [7, 11) is 1.39. The lowest BCUT2D eigenvalue weighted by Gasteiger charge is -2.12. The minimum atomic E-state index is -0.346. The van der Waals surface area contributed by atoms with Gasteiger partial charge in [-0.15, -0.1) is 0 Å².